The highest BCUT2D eigenvalue weighted by Gasteiger charge is 2.06. The van der Waals surface area contributed by atoms with E-state index in [1.807, 2.05) is 18.2 Å². The predicted octanol–water partition coefficient (Wildman–Crippen LogP) is 3.25. The standard InChI is InChI=1S/C13H18OS/c1-10(2)15-9-13(14)8-12-7-5-4-6-11(12)3/h4-7,10H,8-9H2,1-3H3. The number of benzene rings is 1. The van der Waals surface area contributed by atoms with Crippen molar-refractivity contribution in [2.24, 2.45) is 0 Å². The number of hydrogen-bond acceptors (Lipinski definition) is 2. The lowest BCUT2D eigenvalue weighted by Crippen LogP contribution is -2.08. The van der Waals surface area contributed by atoms with Crippen LogP contribution in [0.25, 0.3) is 0 Å². The first-order valence-electron chi connectivity index (χ1n) is 5.27. The quantitative estimate of drug-likeness (QED) is 0.760. The Morgan fingerprint density at radius 2 is 2.00 bits per heavy atom. The lowest BCUT2D eigenvalue weighted by molar-refractivity contribution is -0.116. The highest BCUT2D eigenvalue weighted by Crippen LogP contribution is 2.12. The first-order chi connectivity index (χ1) is 7.09. The monoisotopic (exact) mass is 222 g/mol. The van der Waals surface area contributed by atoms with Gasteiger partial charge in [0.15, 0.2) is 0 Å². The Labute approximate surface area is 96.3 Å². The van der Waals surface area contributed by atoms with Gasteiger partial charge in [-0.15, -0.1) is 0 Å². The van der Waals surface area contributed by atoms with E-state index < -0.39 is 0 Å². The Hall–Kier alpha value is -0.760. The second-order valence-corrected chi connectivity index (χ2v) is 5.57. The molecule has 0 atom stereocenters. The number of rotatable bonds is 5. The van der Waals surface area contributed by atoms with Gasteiger partial charge in [-0.25, -0.2) is 0 Å². The molecule has 1 aromatic rings. The van der Waals surface area contributed by atoms with Crippen molar-refractivity contribution < 1.29 is 4.79 Å². The summed E-state index contributed by atoms with van der Waals surface area (Å²) >= 11 is 1.71. The maximum atomic E-state index is 11.6. The molecule has 1 nitrogen and oxygen atoms in total. The summed E-state index contributed by atoms with van der Waals surface area (Å²) in [7, 11) is 0. The highest BCUT2D eigenvalue weighted by atomic mass is 32.2. The number of carbonyl (C=O) groups is 1. The summed E-state index contributed by atoms with van der Waals surface area (Å²) in [5.74, 6) is 0.953. The lowest BCUT2D eigenvalue weighted by Gasteiger charge is -2.06. The Balaban J connectivity index is 2.48. The van der Waals surface area contributed by atoms with Gasteiger partial charge in [0.2, 0.25) is 0 Å². The molecule has 2 heteroatoms. The van der Waals surface area contributed by atoms with Crippen molar-refractivity contribution in [1.82, 2.24) is 0 Å². The maximum Gasteiger partial charge on any atom is 0.147 e. The van der Waals surface area contributed by atoms with Crippen molar-refractivity contribution in [1.29, 1.82) is 0 Å². The zero-order chi connectivity index (χ0) is 11.3. The van der Waals surface area contributed by atoms with Gasteiger partial charge in [-0.1, -0.05) is 38.1 Å². The van der Waals surface area contributed by atoms with Gasteiger partial charge in [-0.2, -0.15) is 11.8 Å². The molecule has 0 amide bonds. The second-order valence-electron chi connectivity index (χ2n) is 4.00. The summed E-state index contributed by atoms with van der Waals surface area (Å²) in [4.78, 5) is 11.6. The van der Waals surface area contributed by atoms with Crippen molar-refractivity contribution >= 4 is 17.5 Å². The van der Waals surface area contributed by atoms with Crippen LogP contribution >= 0.6 is 11.8 Å². The van der Waals surface area contributed by atoms with E-state index >= 15 is 0 Å². The normalized spacial score (nSPS) is 10.7. The number of hydrogen-bond donors (Lipinski definition) is 0. The molecular weight excluding hydrogens is 204 g/mol. The largest absolute Gasteiger partial charge is 0.298 e. The van der Waals surface area contributed by atoms with Crippen LogP contribution in [0.15, 0.2) is 24.3 Å². The van der Waals surface area contributed by atoms with Gasteiger partial charge >= 0.3 is 0 Å². The third-order valence-corrected chi connectivity index (χ3v) is 3.38. The molecule has 0 aliphatic carbocycles. The number of ketones is 1. The van der Waals surface area contributed by atoms with E-state index in [2.05, 4.69) is 26.8 Å². The predicted molar refractivity (Wildman–Crippen MR) is 67.5 cm³/mol. The Morgan fingerprint density at radius 3 is 2.60 bits per heavy atom. The van der Waals surface area contributed by atoms with Crippen LogP contribution in [0.3, 0.4) is 0 Å². The van der Waals surface area contributed by atoms with E-state index in [0.29, 0.717) is 23.2 Å². The Morgan fingerprint density at radius 1 is 1.33 bits per heavy atom. The van der Waals surface area contributed by atoms with Gasteiger partial charge in [0.25, 0.3) is 0 Å². The van der Waals surface area contributed by atoms with Gasteiger partial charge < -0.3 is 0 Å². The van der Waals surface area contributed by atoms with Crippen molar-refractivity contribution in [2.45, 2.75) is 32.4 Å². The van der Waals surface area contributed by atoms with Crippen molar-refractivity contribution in [3.05, 3.63) is 35.4 Å². The first kappa shape index (κ1) is 12.3. The molecule has 0 heterocycles. The van der Waals surface area contributed by atoms with E-state index in [-0.39, 0.29) is 0 Å². The molecule has 0 radical (unpaired) electrons. The topological polar surface area (TPSA) is 17.1 Å². The van der Waals surface area contributed by atoms with Crippen LogP contribution < -0.4 is 0 Å². The molecule has 15 heavy (non-hydrogen) atoms. The first-order valence-corrected chi connectivity index (χ1v) is 6.32. The Kier molecular flexibility index (Phi) is 4.89. The number of Topliss-reactive ketones (excluding diaryl/α,β-unsaturated/α-hetero) is 1. The third-order valence-electron chi connectivity index (χ3n) is 2.23. The van der Waals surface area contributed by atoms with Gasteiger partial charge in [-0.05, 0) is 23.3 Å². The smallest absolute Gasteiger partial charge is 0.147 e. The fraction of sp³-hybridized carbons (Fsp3) is 0.462. The average molecular weight is 222 g/mol. The van der Waals surface area contributed by atoms with E-state index in [1.165, 1.54) is 5.56 Å². The molecular formula is C13H18OS. The molecule has 82 valence electrons. The summed E-state index contributed by atoms with van der Waals surface area (Å²) < 4.78 is 0. The highest BCUT2D eigenvalue weighted by molar-refractivity contribution is 8.00. The molecule has 0 unspecified atom stereocenters. The number of aryl methyl sites for hydroxylation is 1. The molecule has 0 fully saturated rings. The molecule has 0 saturated heterocycles. The van der Waals surface area contributed by atoms with E-state index in [1.54, 1.807) is 11.8 Å². The van der Waals surface area contributed by atoms with Crippen LogP contribution in [0.4, 0.5) is 0 Å². The lowest BCUT2D eigenvalue weighted by atomic mass is 10.0. The van der Waals surface area contributed by atoms with Gasteiger partial charge in [0.05, 0.1) is 5.75 Å². The molecule has 1 aromatic carbocycles. The van der Waals surface area contributed by atoms with Crippen LogP contribution in [0, 0.1) is 6.92 Å². The molecule has 0 aliphatic rings. The Bertz CT molecular complexity index is 331. The van der Waals surface area contributed by atoms with Crippen LogP contribution in [0.1, 0.15) is 25.0 Å². The van der Waals surface area contributed by atoms with Crippen LogP contribution in [0.5, 0.6) is 0 Å². The molecule has 1 rings (SSSR count). The molecule has 0 N–H and O–H groups in total. The van der Waals surface area contributed by atoms with Crippen molar-refractivity contribution in [2.75, 3.05) is 5.75 Å². The van der Waals surface area contributed by atoms with Crippen LogP contribution in [-0.2, 0) is 11.2 Å². The summed E-state index contributed by atoms with van der Waals surface area (Å²) in [5, 5.41) is 0.533. The van der Waals surface area contributed by atoms with Crippen LogP contribution in [-0.4, -0.2) is 16.8 Å². The van der Waals surface area contributed by atoms with Crippen molar-refractivity contribution in [3.8, 4) is 0 Å². The van der Waals surface area contributed by atoms with Gasteiger partial charge in [0.1, 0.15) is 5.78 Å². The van der Waals surface area contributed by atoms with Crippen LogP contribution in [0.2, 0.25) is 0 Å². The summed E-state index contributed by atoms with van der Waals surface area (Å²) in [6, 6.07) is 8.09. The third kappa shape index (κ3) is 4.52. The average Bonchev–Trinajstić information content (AvgIpc) is 2.18. The fourth-order valence-corrected chi connectivity index (χ4v) is 1.95. The maximum absolute atomic E-state index is 11.6. The number of carbonyl (C=O) groups excluding carboxylic acids is 1. The van der Waals surface area contributed by atoms with E-state index in [4.69, 9.17) is 0 Å². The van der Waals surface area contributed by atoms with E-state index in [9.17, 15) is 4.79 Å². The summed E-state index contributed by atoms with van der Waals surface area (Å²) in [5.41, 5.74) is 2.37. The molecule has 0 aromatic heterocycles. The zero-order valence-corrected chi connectivity index (χ0v) is 10.4. The zero-order valence-electron chi connectivity index (χ0n) is 9.62. The van der Waals surface area contributed by atoms with Gasteiger partial charge in [-0.3, -0.25) is 4.79 Å². The fourth-order valence-electron chi connectivity index (χ4n) is 1.33. The summed E-state index contributed by atoms with van der Waals surface area (Å²) in [6.45, 7) is 6.29. The summed E-state index contributed by atoms with van der Waals surface area (Å²) in [6.07, 6.45) is 0.576. The SMILES string of the molecule is Cc1ccccc1CC(=O)CSC(C)C. The number of thioether (sulfide) groups is 1. The second kappa shape index (κ2) is 5.96. The molecule has 0 bridgehead atoms. The van der Waals surface area contributed by atoms with E-state index in [0.717, 1.165) is 5.56 Å². The van der Waals surface area contributed by atoms with Gasteiger partial charge in [0, 0.05) is 6.42 Å². The minimum atomic E-state index is 0.322. The molecule has 0 aliphatic heterocycles. The minimum absolute atomic E-state index is 0.322. The minimum Gasteiger partial charge on any atom is -0.298 e. The molecule has 0 spiro atoms. The van der Waals surface area contributed by atoms with Crippen molar-refractivity contribution in [3.63, 3.8) is 0 Å². The molecule has 0 saturated carbocycles.